The molecular weight excluding hydrogens is 315 g/mol. The van der Waals surface area contributed by atoms with Gasteiger partial charge in [0.15, 0.2) is 0 Å². The SMILES string of the molecule is O=C(CNC(=O)c1ccc(F)cc1)Nc1ccc2[nH]c(=O)[nH]c2c1. The van der Waals surface area contributed by atoms with E-state index < -0.39 is 17.6 Å². The topological polar surface area (TPSA) is 107 Å². The van der Waals surface area contributed by atoms with Crippen LogP contribution in [0.4, 0.5) is 10.1 Å². The molecule has 0 atom stereocenters. The van der Waals surface area contributed by atoms with Crippen molar-refractivity contribution in [1.29, 1.82) is 0 Å². The molecule has 0 aliphatic carbocycles. The van der Waals surface area contributed by atoms with Crippen LogP contribution in [0.2, 0.25) is 0 Å². The highest BCUT2D eigenvalue weighted by atomic mass is 19.1. The summed E-state index contributed by atoms with van der Waals surface area (Å²) in [5, 5.41) is 5.05. The van der Waals surface area contributed by atoms with Crippen molar-refractivity contribution in [2.75, 3.05) is 11.9 Å². The van der Waals surface area contributed by atoms with E-state index in [1.165, 1.54) is 24.3 Å². The van der Waals surface area contributed by atoms with Crippen molar-refractivity contribution < 1.29 is 14.0 Å². The zero-order chi connectivity index (χ0) is 17.1. The van der Waals surface area contributed by atoms with E-state index in [0.717, 1.165) is 0 Å². The summed E-state index contributed by atoms with van der Waals surface area (Å²) in [4.78, 5) is 40.1. The van der Waals surface area contributed by atoms with Crippen molar-refractivity contribution in [3.8, 4) is 0 Å². The second-order valence-electron chi connectivity index (χ2n) is 5.08. The Kier molecular flexibility index (Phi) is 4.11. The summed E-state index contributed by atoms with van der Waals surface area (Å²) in [6, 6.07) is 9.89. The summed E-state index contributed by atoms with van der Waals surface area (Å²) in [6.45, 7) is -0.238. The van der Waals surface area contributed by atoms with Crippen LogP contribution in [0.25, 0.3) is 11.0 Å². The number of carbonyl (C=O) groups is 2. The Bertz CT molecular complexity index is 959. The standard InChI is InChI=1S/C16H13FN4O3/c17-10-3-1-9(2-4-10)15(23)18-8-14(22)19-11-5-6-12-13(7-11)21-16(24)20-12/h1-7H,8H2,(H,18,23)(H,19,22)(H2,20,21,24). The number of H-pyrrole nitrogens is 2. The Morgan fingerprint density at radius 2 is 1.71 bits per heavy atom. The number of fused-ring (bicyclic) bond motifs is 1. The van der Waals surface area contributed by atoms with E-state index in [9.17, 15) is 18.8 Å². The van der Waals surface area contributed by atoms with Gasteiger partial charge in [0.1, 0.15) is 5.82 Å². The van der Waals surface area contributed by atoms with Gasteiger partial charge in [0.2, 0.25) is 5.91 Å². The van der Waals surface area contributed by atoms with E-state index in [2.05, 4.69) is 20.6 Å². The Labute approximate surface area is 134 Å². The highest BCUT2D eigenvalue weighted by Crippen LogP contribution is 2.14. The van der Waals surface area contributed by atoms with Crippen LogP contribution >= 0.6 is 0 Å². The normalized spacial score (nSPS) is 10.5. The third kappa shape index (κ3) is 3.49. The van der Waals surface area contributed by atoms with Gasteiger partial charge in [-0.15, -0.1) is 0 Å². The van der Waals surface area contributed by atoms with Gasteiger partial charge in [0.05, 0.1) is 17.6 Å². The van der Waals surface area contributed by atoms with Crippen LogP contribution in [0, 0.1) is 5.82 Å². The second kappa shape index (κ2) is 6.37. The number of benzene rings is 2. The molecule has 1 aromatic heterocycles. The molecule has 24 heavy (non-hydrogen) atoms. The first-order valence-corrected chi connectivity index (χ1v) is 7.07. The minimum Gasteiger partial charge on any atom is -0.343 e. The lowest BCUT2D eigenvalue weighted by Gasteiger charge is -2.07. The molecule has 0 saturated carbocycles. The second-order valence-corrected chi connectivity index (χ2v) is 5.08. The number of aromatic amines is 2. The van der Waals surface area contributed by atoms with E-state index in [1.807, 2.05) is 0 Å². The fourth-order valence-electron chi connectivity index (χ4n) is 2.18. The van der Waals surface area contributed by atoms with Gasteiger partial charge in [-0.3, -0.25) is 9.59 Å². The molecule has 0 unspecified atom stereocenters. The molecule has 0 radical (unpaired) electrons. The molecule has 0 spiro atoms. The fraction of sp³-hybridized carbons (Fsp3) is 0.0625. The fourth-order valence-corrected chi connectivity index (χ4v) is 2.18. The van der Waals surface area contributed by atoms with E-state index in [1.54, 1.807) is 18.2 Å². The quantitative estimate of drug-likeness (QED) is 0.581. The predicted molar refractivity (Wildman–Crippen MR) is 86.3 cm³/mol. The monoisotopic (exact) mass is 328 g/mol. The number of anilines is 1. The molecule has 0 fully saturated rings. The lowest BCUT2D eigenvalue weighted by atomic mass is 10.2. The molecule has 3 aromatic rings. The van der Waals surface area contributed by atoms with Crippen LogP contribution in [0.3, 0.4) is 0 Å². The minimum absolute atomic E-state index is 0.238. The van der Waals surface area contributed by atoms with Crippen molar-refractivity contribution in [1.82, 2.24) is 15.3 Å². The number of aromatic nitrogens is 2. The van der Waals surface area contributed by atoms with Crippen LogP contribution in [0.1, 0.15) is 10.4 Å². The van der Waals surface area contributed by atoms with Gasteiger partial charge in [0, 0.05) is 11.3 Å². The van der Waals surface area contributed by atoms with Crippen LogP contribution in [-0.2, 0) is 4.79 Å². The first-order chi connectivity index (χ1) is 11.5. The van der Waals surface area contributed by atoms with Gasteiger partial charge in [-0.05, 0) is 42.5 Å². The summed E-state index contributed by atoms with van der Waals surface area (Å²) in [5.74, 6) is -1.35. The zero-order valence-electron chi connectivity index (χ0n) is 12.4. The maximum absolute atomic E-state index is 12.8. The van der Waals surface area contributed by atoms with Crippen molar-refractivity contribution in [3.05, 3.63) is 64.3 Å². The lowest BCUT2D eigenvalue weighted by molar-refractivity contribution is -0.115. The van der Waals surface area contributed by atoms with Crippen LogP contribution in [0.5, 0.6) is 0 Å². The van der Waals surface area contributed by atoms with Gasteiger partial charge in [-0.2, -0.15) is 0 Å². The Morgan fingerprint density at radius 3 is 2.46 bits per heavy atom. The molecule has 0 aliphatic rings. The third-order valence-electron chi connectivity index (χ3n) is 3.32. The molecule has 7 nitrogen and oxygen atoms in total. The Hall–Kier alpha value is -3.42. The zero-order valence-corrected chi connectivity index (χ0v) is 12.4. The van der Waals surface area contributed by atoms with Gasteiger partial charge in [-0.25, -0.2) is 9.18 Å². The minimum atomic E-state index is -0.476. The Balaban J connectivity index is 1.59. The van der Waals surface area contributed by atoms with Crippen LogP contribution in [0.15, 0.2) is 47.3 Å². The number of carbonyl (C=O) groups excluding carboxylic acids is 2. The summed E-state index contributed by atoms with van der Waals surface area (Å²) in [6.07, 6.45) is 0. The van der Waals surface area contributed by atoms with E-state index in [4.69, 9.17) is 0 Å². The molecule has 122 valence electrons. The molecule has 0 bridgehead atoms. The van der Waals surface area contributed by atoms with Crippen molar-refractivity contribution >= 4 is 28.5 Å². The first-order valence-electron chi connectivity index (χ1n) is 7.07. The van der Waals surface area contributed by atoms with Crippen molar-refractivity contribution in [2.45, 2.75) is 0 Å². The largest absolute Gasteiger partial charge is 0.343 e. The van der Waals surface area contributed by atoms with Crippen LogP contribution < -0.4 is 16.3 Å². The third-order valence-corrected chi connectivity index (χ3v) is 3.32. The van der Waals surface area contributed by atoms with Crippen molar-refractivity contribution in [3.63, 3.8) is 0 Å². The highest BCUT2D eigenvalue weighted by molar-refractivity contribution is 5.99. The average Bonchev–Trinajstić information content (AvgIpc) is 2.92. The molecule has 0 aliphatic heterocycles. The average molecular weight is 328 g/mol. The summed E-state index contributed by atoms with van der Waals surface area (Å²) < 4.78 is 12.8. The number of halogens is 1. The number of hydrogen-bond donors (Lipinski definition) is 4. The number of nitrogens with one attached hydrogen (secondary N) is 4. The predicted octanol–water partition coefficient (Wildman–Crippen LogP) is 1.36. The number of amides is 2. The van der Waals surface area contributed by atoms with Gasteiger partial charge >= 0.3 is 5.69 Å². The smallest absolute Gasteiger partial charge is 0.323 e. The molecule has 1 heterocycles. The number of imidazole rings is 1. The summed E-state index contributed by atoms with van der Waals surface area (Å²) in [5.41, 5.74) is 1.60. The maximum atomic E-state index is 12.8. The van der Waals surface area contributed by atoms with Gasteiger partial charge in [0.25, 0.3) is 5.91 Å². The molecule has 2 amide bonds. The molecule has 3 rings (SSSR count). The molecular formula is C16H13FN4O3. The van der Waals surface area contributed by atoms with E-state index in [-0.39, 0.29) is 17.8 Å². The molecule has 4 N–H and O–H groups in total. The van der Waals surface area contributed by atoms with E-state index in [0.29, 0.717) is 16.7 Å². The number of rotatable bonds is 4. The van der Waals surface area contributed by atoms with E-state index >= 15 is 0 Å². The molecule has 0 saturated heterocycles. The highest BCUT2D eigenvalue weighted by Gasteiger charge is 2.09. The summed E-state index contributed by atoms with van der Waals surface area (Å²) in [7, 11) is 0. The van der Waals surface area contributed by atoms with Crippen molar-refractivity contribution in [2.24, 2.45) is 0 Å². The maximum Gasteiger partial charge on any atom is 0.323 e. The summed E-state index contributed by atoms with van der Waals surface area (Å²) >= 11 is 0. The number of hydrogen-bond acceptors (Lipinski definition) is 3. The first kappa shape index (κ1) is 15.5. The van der Waals surface area contributed by atoms with Gasteiger partial charge in [-0.1, -0.05) is 0 Å². The molecule has 2 aromatic carbocycles. The lowest BCUT2D eigenvalue weighted by Crippen LogP contribution is -2.32. The van der Waals surface area contributed by atoms with Gasteiger partial charge < -0.3 is 20.6 Å². The Morgan fingerprint density at radius 1 is 1.00 bits per heavy atom. The van der Waals surface area contributed by atoms with Crippen LogP contribution in [-0.4, -0.2) is 28.3 Å². The molecule has 8 heteroatoms.